The van der Waals surface area contributed by atoms with Gasteiger partial charge in [-0.2, -0.15) is 0 Å². The second-order valence-corrected chi connectivity index (χ2v) is 8.43. The maximum atomic E-state index is 12.5. The first-order valence-corrected chi connectivity index (χ1v) is 10.4. The summed E-state index contributed by atoms with van der Waals surface area (Å²) in [6.07, 6.45) is 5.09. The summed E-state index contributed by atoms with van der Waals surface area (Å²) in [5.74, 6) is 2.81. The number of nitrogens with one attached hydrogen (secondary N) is 3. The molecule has 10 heteroatoms. The summed E-state index contributed by atoms with van der Waals surface area (Å²) >= 11 is 1.33. The molecule has 4 heterocycles. The Kier molecular flexibility index (Phi) is 4.34. The van der Waals surface area contributed by atoms with Crippen LogP contribution in [0.3, 0.4) is 0 Å². The number of piperidine rings is 1. The van der Waals surface area contributed by atoms with Crippen molar-refractivity contribution < 1.29 is 4.79 Å². The molecule has 0 unspecified atom stereocenters. The monoisotopic (exact) mass is 398 g/mol. The Bertz CT molecular complexity index is 987. The average Bonchev–Trinajstić information content (AvgIpc) is 3.40. The highest BCUT2D eigenvalue weighted by atomic mass is 32.1. The molecule has 2 fully saturated rings. The van der Waals surface area contributed by atoms with E-state index in [1.165, 1.54) is 11.3 Å². The summed E-state index contributed by atoms with van der Waals surface area (Å²) in [5, 5.41) is 15.7. The summed E-state index contributed by atoms with van der Waals surface area (Å²) in [6.45, 7) is 3.48. The van der Waals surface area contributed by atoms with Crippen LogP contribution in [0.4, 0.5) is 15.7 Å². The van der Waals surface area contributed by atoms with Gasteiger partial charge in [0.2, 0.25) is 5.13 Å². The van der Waals surface area contributed by atoms with Gasteiger partial charge in [-0.05, 0) is 44.1 Å². The molecule has 5 rings (SSSR count). The van der Waals surface area contributed by atoms with Gasteiger partial charge in [0, 0.05) is 25.3 Å². The lowest BCUT2D eigenvalue weighted by Gasteiger charge is -2.34. The molecule has 1 aliphatic carbocycles. The van der Waals surface area contributed by atoms with Crippen molar-refractivity contribution in [3.63, 3.8) is 0 Å². The summed E-state index contributed by atoms with van der Waals surface area (Å²) in [7, 11) is 0. The molecule has 3 N–H and O–H groups in total. The van der Waals surface area contributed by atoms with Gasteiger partial charge < -0.3 is 15.2 Å². The van der Waals surface area contributed by atoms with E-state index in [2.05, 4.69) is 35.8 Å². The molecule has 146 valence electrons. The molecule has 0 spiro atoms. The minimum Gasteiger partial charge on any atom is -0.367 e. The van der Waals surface area contributed by atoms with Gasteiger partial charge in [-0.25, -0.2) is 14.8 Å². The van der Waals surface area contributed by atoms with E-state index in [4.69, 9.17) is 0 Å². The van der Waals surface area contributed by atoms with Crippen LogP contribution in [-0.2, 0) is 0 Å². The molecule has 2 aliphatic rings. The van der Waals surface area contributed by atoms with Crippen LogP contribution in [-0.4, -0.2) is 55.2 Å². The Balaban J connectivity index is 1.24. The fourth-order valence-corrected chi connectivity index (χ4v) is 4.98. The van der Waals surface area contributed by atoms with Crippen LogP contribution >= 0.6 is 11.3 Å². The Morgan fingerprint density at radius 1 is 1.32 bits per heavy atom. The topological polar surface area (TPSA) is 112 Å². The van der Waals surface area contributed by atoms with Crippen molar-refractivity contribution in [3.05, 3.63) is 23.6 Å². The molecular weight excluding hydrogens is 376 g/mol. The quantitative estimate of drug-likeness (QED) is 0.625. The standard InChI is InChI=1S/C18H22N8OS/c1-10-21-15-14(2-4-19-15)16(22-10)23-13-6-11-3-5-26(8-12(11)7-13)18(27)24-17-25-20-9-28-17/h2,4,9,11-13H,3,5-8H2,1H3,(H,24,25,27)(H2,19,21,22,23)/t11-,12-,13+/m0/s1. The minimum absolute atomic E-state index is 0.0768. The van der Waals surface area contributed by atoms with Gasteiger partial charge in [-0.3, -0.25) is 5.32 Å². The molecular formula is C18H22N8OS. The Morgan fingerprint density at radius 2 is 2.21 bits per heavy atom. The lowest BCUT2D eigenvalue weighted by molar-refractivity contribution is 0.154. The van der Waals surface area contributed by atoms with E-state index in [0.717, 1.165) is 55.0 Å². The summed E-state index contributed by atoms with van der Waals surface area (Å²) < 4.78 is 0. The van der Waals surface area contributed by atoms with Crippen molar-refractivity contribution in [1.82, 2.24) is 30.0 Å². The van der Waals surface area contributed by atoms with E-state index in [1.807, 2.05) is 24.1 Å². The van der Waals surface area contributed by atoms with Crippen molar-refractivity contribution in [2.75, 3.05) is 23.7 Å². The lowest BCUT2D eigenvalue weighted by Crippen LogP contribution is -2.44. The van der Waals surface area contributed by atoms with Gasteiger partial charge in [-0.1, -0.05) is 11.3 Å². The first-order valence-electron chi connectivity index (χ1n) is 9.56. The fourth-order valence-electron chi connectivity index (χ4n) is 4.54. The largest absolute Gasteiger partial charge is 0.367 e. The van der Waals surface area contributed by atoms with Crippen LogP contribution in [0.2, 0.25) is 0 Å². The van der Waals surface area contributed by atoms with Crippen LogP contribution in [0.15, 0.2) is 17.8 Å². The zero-order valence-corrected chi connectivity index (χ0v) is 16.4. The van der Waals surface area contributed by atoms with E-state index in [-0.39, 0.29) is 6.03 Å². The van der Waals surface area contributed by atoms with Crippen molar-refractivity contribution >= 4 is 39.4 Å². The maximum absolute atomic E-state index is 12.5. The Hall–Kier alpha value is -2.75. The van der Waals surface area contributed by atoms with Gasteiger partial charge in [0.1, 0.15) is 22.8 Å². The van der Waals surface area contributed by atoms with Crippen molar-refractivity contribution in [1.29, 1.82) is 0 Å². The number of nitrogens with zero attached hydrogens (tertiary/aromatic N) is 5. The fraction of sp³-hybridized carbons (Fsp3) is 0.500. The third-order valence-corrected chi connectivity index (χ3v) is 6.40. The summed E-state index contributed by atoms with van der Waals surface area (Å²) in [4.78, 5) is 26.6. The van der Waals surface area contributed by atoms with Crippen molar-refractivity contribution in [3.8, 4) is 0 Å². The lowest BCUT2D eigenvalue weighted by atomic mass is 9.89. The SMILES string of the molecule is Cc1nc(N[C@@H]2C[C@@H]3CCN(C(=O)Nc4nncs4)C[C@@H]3C2)c2cc[nH]c2n1. The predicted octanol–water partition coefficient (Wildman–Crippen LogP) is 2.86. The first-order chi connectivity index (χ1) is 13.7. The normalized spacial score (nSPS) is 24.3. The third-order valence-electron chi connectivity index (χ3n) is 5.80. The molecule has 0 radical (unpaired) electrons. The van der Waals surface area contributed by atoms with Crippen molar-refractivity contribution in [2.24, 2.45) is 11.8 Å². The number of aromatic nitrogens is 5. The molecule has 0 aromatic carbocycles. The number of urea groups is 1. The number of rotatable bonds is 3. The van der Waals surface area contributed by atoms with E-state index in [1.54, 1.807) is 5.51 Å². The number of likely N-dealkylation sites (tertiary alicyclic amines) is 1. The zero-order chi connectivity index (χ0) is 19.1. The number of carbonyl (C=O) groups excluding carboxylic acids is 1. The molecule has 1 saturated carbocycles. The summed E-state index contributed by atoms with van der Waals surface area (Å²) in [6, 6.07) is 2.30. The van der Waals surface area contributed by atoms with Gasteiger partial charge >= 0.3 is 6.03 Å². The van der Waals surface area contributed by atoms with E-state index >= 15 is 0 Å². The second kappa shape index (κ2) is 7.01. The van der Waals surface area contributed by atoms with Gasteiger partial charge in [0.05, 0.1) is 5.39 Å². The Labute approximate surface area is 166 Å². The number of aromatic amines is 1. The molecule has 3 atom stereocenters. The molecule has 2 amide bonds. The van der Waals surface area contributed by atoms with Crippen LogP contribution in [0.1, 0.15) is 25.1 Å². The van der Waals surface area contributed by atoms with Crippen LogP contribution in [0.25, 0.3) is 11.0 Å². The summed E-state index contributed by atoms with van der Waals surface area (Å²) in [5.41, 5.74) is 2.48. The maximum Gasteiger partial charge on any atom is 0.323 e. The smallest absolute Gasteiger partial charge is 0.323 e. The molecule has 0 bridgehead atoms. The van der Waals surface area contributed by atoms with Crippen molar-refractivity contribution in [2.45, 2.75) is 32.2 Å². The number of hydrogen-bond acceptors (Lipinski definition) is 7. The van der Waals surface area contributed by atoms with E-state index in [9.17, 15) is 4.79 Å². The van der Waals surface area contributed by atoms with Gasteiger partial charge in [0.25, 0.3) is 0 Å². The highest BCUT2D eigenvalue weighted by Gasteiger charge is 2.39. The second-order valence-electron chi connectivity index (χ2n) is 7.60. The number of anilines is 2. The molecule has 3 aromatic rings. The van der Waals surface area contributed by atoms with E-state index in [0.29, 0.717) is 23.0 Å². The van der Waals surface area contributed by atoms with Gasteiger partial charge in [0.15, 0.2) is 0 Å². The highest BCUT2D eigenvalue weighted by Crippen LogP contribution is 2.39. The zero-order valence-electron chi connectivity index (χ0n) is 15.6. The number of hydrogen-bond donors (Lipinski definition) is 3. The predicted molar refractivity (Wildman–Crippen MR) is 107 cm³/mol. The molecule has 28 heavy (non-hydrogen) atoms. The van der Waals surface area contributed by atoms with Crippen LogP contribution in [0.5, 0.6) is 0 Å². The van der Waals surface area contributed by atoms with Gasteiger partial charge in [-0.15, -0.1) is 10.2 Å². The number of carbonyl (C=O) groups is 1. The van der Waals surface area contributed by atoms with Crippen LogP contribution in [0, 0.1) is 18.8 Å². The molecule has 9 nitrogen and oxygen atoms in total. The average molecular weight is 398 g/mol. The first kappa shape index (κ1) is 17.4. The van der Waals surface area contributed by atoms with Crippen LogP contribution < -0.4 is 10.6 Å². The molecule has 3 aromatic heterocycles. The number of aryl methyl sites for hydroxylation is 1. The Morgan fingerprint density at radius 3 is 3.07 bits per heavy atom. The number of H-pyrrole nitrogens is 1. The number of fused-ring (bicyclic) bond motifs is 2. The molecule has 1 saturated heterocycles. The third kappa shape index (κ3) is 3.28. The highest BCUT2D eigenvalue weighted by molar-refractivity contribution is 7.13. The minimum atomic E-state index is -0.0768. The van der Waals surface area contributed by atoms with E-state index < -0.39 is 0 Å². The number of amides is 2. The molecule has 1 aliphatic heterocycles.